The number of hydrogen-bond donors (Lipinski definition) is 2. The van der Waals surface area contributed by atoms with Gasteiger partial charge in [0.15, 0.2) is 0 Å². The highest BCUT2D eigenvalue weighted by Gasteiger charge is 2.30. The van der Waals surface area contributed by atoms with Gasteiger partial charge in [-0.3, -0.25) is 4.79 Å². The second-order valence-electron chi connectivity index (χ2n) is 5.75. The van der Waals surface area contributed by atoms with Gasteiger partial charge in [-0.15, -0.1) is 0 Å². The summed E-state index contributed by atoms with van der Waals surface area (Å²) in [7, 11) is 0. The molecule has 1 aliphatic carbocycles. The van der Waals surface area contributed by atoms with Gasteiger partial charge in [0.25, 0.3) is 0 Å². The molecule has 1 aliphatic rings. The van der Waals surface area contributed by atoms with Crippen LogP contribution in [0.25, 0.3) is 0 Å². The van der Waals surface area contributed by atoms with Crippen molar-refractivity contribution in [3.63, 3.8) is 0 Å². The normalized spacial score (nSPS) is 27.8. The highest BCUT2D eigenvalue weighted by Crippen LogP contribution is 2.33. The Kier molecular flexibility index (Phi) is 6.14. The number of nitriles is 1. The highest BCUT2D eigenvalue weighted by atomic mass is 16.1. The molecule has 1 amide bonds. The third-order valence-electron chi connectivity index (χ3n) is 3.91. The summed E-state index contributed by atoms with van der Waals surface area (Å²) in [4.78, 5) is 11.5. The molecule has 0 saturated heterocycles. The van der Waals surface area contributed by atoms with Crippen molar-refractivity contribution in [3.8, 4) is 6.07 Å². The molecule has 0 unspecified atom stereocenters. The van der Waals surface area contributed by atoms with Gasteiger partial charge in [-0.2, -0.15) is 5.26 Å². The van der Waals surface area contributed by atoms with Crippen LogP contribution in [0.1, 0.15) is 40.0 Å². The molecule has 4 nitrogen and oxygen atoms in total. The van der Waals surface area contributed by atoms with Crippen LogP contribution in [-0.2, 0) is 4.79 Å². The van der Waals surface area contributed by atoms with Crippen molar-refractivity contribution >= 4 is 5.91 Å². The Morgan fingerprint density at radius 3 is 2.78 bits per heavy atom. The minimum atomic E-state index is -0.0858. The maximum Gasteiger partial charge on any atom is 0.234 e. The summed E-state index contributed by atoms with van der Waals surface area (Å²) in [5, 5.41) is 14.3. The second kappa shape index (κ2) is 7.38. The summed E-state index contributed by atoms with van der Waals surface area (Å²) in [6, 6.07) is 2.34. The predicted octanol–water partition coefficient (Wildman–Crippen LogP) is 1.68. The SMILES string of the molecule is CC(C)[C@H]1CC[C@@H](C)C[C@H]1NCC(=O)NCC#N. The van der Waals surface area contributed by atoms with Crippen molar-refractivity contribution in [1.82, 2.24) is 10.6 Å². The molecular weight excluding hydrogens is 226 g/mol. The van der Waals surface area contributed by atoms with Gasteiger partial charge >= 0.3 is 0 Å². The third-order valence-corrected chi connectivity index (χ3v) is 3.91. The van der Waals surface area contributed by atoms with Crippen LogP contribution in [0.15, 0.2) is 0 Å². The maximum absolute atomic E-state index is 11.5. The first-order valence-corrected chi connectivity index (χ1v) is 6.91. The van der Waals surface area contributed by atoms with E-state index in [1.54, 1.807) is 0 Å². The lowest BCUT2D eigenvalue weighted by atomic mass is 9.74. The topological polar surface area (TPSA) is 64.9 Å². The zero-order chi connectivity index (χ0) is 13.5. The first-order valence-electron chi connectivity index (χ1n) is 6.91. The fourth-order valence-corrected chi connectivity index (χ4v) is 2.86. The average Bonchev–Trinajstić information content (AvgIpc) is 2.33. The standard InChI is InChI=1S/C14H25N3O/c1-10(2)12-5-4-11(3)8-13(12)17-9-14(18)16-7-6-15/h10-13,17H,4-5,7-9H2,1-3H3,(H,16,18)/t11-,12-,13-/m1/s1. The maximum atomic E-state index is 11.5. The number of nitrogens with one attached hydrogen (secondary N) is 2. The molecule has 0 aliphatic heterocycles. The van der Waals surface area contributed by atoms with Gasteiger partial charge < -0.3 is 10.6 Å². The minimum Gasteiger partial charge on any atom is -0.342 e. The summed E-state index contributed by atoms with van der Waals surface area (Å²) < 4.78 is 0. The summed E-state index contributed by atoms with van der Waals surface area (Å²) in [6.45, 7) is 7.20. The lowest BCUT2D eigenvalue weighted by Gasteiger charge is -2.37. The molecule has 3 atom stereocenters. The van der Waals surface area contributed by atoms with E-state index in [-0.39, 0.29) is 12.5 Å². The fraction of sp³-hybridized carbons (Fsp3) is 0.857. The van der Waals surface area contributed by atoms with Gasteiger partial charge in [0.1, 0.15) is 6.54 Å². The molecular formula is C14H25N3O. The zero-order valence-corrected chi connectivity index (χ0v) is 11.7. The first-order chi connectivity index (χ1) is 8.54. The van der Waals surface area contributed by atoms with E-state index in [9.17, 15) is 4.79 Å². The number of rotatable bonds is 5. The van der Waals surface area contributed by atoms with Crippen LogP contribution in [0.2, 0.25) is 0 Å². The van der Waals surface area contributed by atoms with Gasteiger partial charge in [-0.05, 0) is 30.6 Å². The van der Waals surface area contributed by atoms with Crippen LogP contribution in [0.3, 0.4) is 0 Å². The van der Waals surface area contributed by atoms with E-state index < -0.39 is 0 Å². The summed E-state index contributed by atoms with van der Waals surface area (Å²) in [5.74, 6) is 1.96. The van der Waals surface area contributed by atoms with Gasteiger partial charge in [0, 0.05) is 6.04 Å². The summed E-state index contributed by atoms with van der Waals surface area (Å²) >= 11 is 0. The van der Waals surface area contributed by atoms with Crippen molar-refractivity contribution in [2.24, 2.45) is 17.8 Å². The van der Waals surface area contributed by atoms with Gasteiger partial charge in [0.2, 0.25) is 5.91 Å². The first kappa shape index (κ1) is 15.0. The van der Waals surface area contributed by atoms with E-state index >= 15 is 0 Å². The van der Waals surface area contributed by atoms with Crippen molar-refractivity contribution in [3.05, 3.63) is 0 Å². The largest absolute Gasteiger partial charge is 0.342 e. The third kappa shape index (κ3) is 4.66. The number of carbonyl (C=O) groups excluding carboxylic acids is 1. The van der Waals surface area contributed by atoms with E-state index in [1.807, 2.05) is 6.07 Å². The fourth-order valence-electron chi connectivity index (χ4n) is 2.86. The molecule has 0 bridgehead atoms. The average molecular weight is 251 g/mol. The molecule has 1 rings (SSSR count). The van der Waals surface area contributed by atoms with Gasteiger partial charge in [0.05, 0.1) is 12.6 Å². The molecule has 0 heterocycles. The van der Waals surface area contributed by atoms with Crippen LogP contribution in [0, 0.1) is 29.1 Å². The molecule has 4 heteroatoms. The Morgan fingerprint density at radius 2 is 2.17 bits per heavy atom. The molecule has 102 valence electrons. The van der Waals surface area contributed by atoms with Crippen LogP contribution in [0.5, 0.6) is 0 Å². The second-order valence-corrected chi connectivity index (χ2v) is 5.75. The Morgan fingerprint density at radius 1 is 1.44 bits per heavy atom. The number of hydrogen-bond acceptors (Lipinski definition) is 3. The van der Waals surface area contributed by atoms with Gasteiger partial charge in [-0.1, -0.05) is 27.2 Å². The van der Waals surface area contributed by atoms with Crippen molar-refractivity contribution in [2.45, 2.75) is 46.1 Å². The zero-order valence-electron chi connectivity index (χ0n) is 11.7. The summed E-state index contributed by atoms with van der Waals surface area (Å²) in [5.41, 5.74) is 0. The van der Waals surface area contributed by atoms with E-state index in [2.05, 4.69) is 31.4 Å². The molecule has 0 spiro atoms. The molecule has 0 aromatic carbocycles. The quantitative estimate of drug-likeness (QED) is 0.731. The number of amides is 1. The molecule has 0 aromatic heterocycles. The van der Waals surface area contributed by atoms with Crippen LogP contribution in [0.4, 0.5) is 0 Å². The van der Waals surface area contributed by atoms with E-state index in [0.29, 0.717) is 24.4 Å². The Balaban J connectivity index is 2.41. The number of carbonyl (C=O) groups is 1. The van der Waals surface area contributed by atoms with E-state index in [1.165, 1.54) is 12.8 Å². The highest BCUT2D eigenvalue weighted by molar-refractivity contribution is 5.78. The summed E-state index contributed by atoms with van der Waals surface area (Å²) in [6.07, 6.45) is 3.69. The predicted molar refractivity (Wildman–Crippen MR) is 71.8 cm³/mol. The monoisotopic (exact) mass is 251 g/mol. The molecule has 2 N–H and O–H groups in total. The lowest BCUT2D eigenvalue weighted by molar-refractivity contribution is -0.120. The number of nitrogens with zero attached hydrogens (tertiary/aromatic N) is 1. The lowest BCUT2D eigenvalue weighted by Crippen LogP contribution is -2.46. The van der Waals surface area contributed by atoms with E-state index in [4.69, 9.17) is 5.26 Å². The van der Waals surface area contributed by atoms with Crippen LogP contribution in [-0.4, -0.2) is 25.0 Å². The Hall–Kier alpha value is -1.08. The van der Waals surface area contributed by atoms with Crippen molar-refractivity contribution in [1.29, 1.82) is 5.26 Å². The Labute approximate surface area is 110 Å². The van der Waals surface area contributed by atoms with Crippen molar-refractivity contribution < 1.29 is 4.79 Å². The molecule has 0 aromatic rings. The van der Waals surface area contributed by atoms with Crippen LogP contribution < -0.4 is 10.6 Å². The molecule has 18 heavy (non-hydrogen) atoms. The molecule has 1 saturated carbocycles. The Bertz CT molecular complexity index is 309. The smallest absolute Gasteiger partial charge is 0.234 e. The molecule has 1 fully saturated rings. The molecule has 0 radical (unpaired) electrons. The van der Waals surface area contributed by atoms with E-state index in [0.717, 1.165) is 12.3 Å². The van der Waals surface area contributed by atoms with Gasteiger partial charge in [-0.25, -0.2) is 0 Å². The minimum absolute atomic E-state index is 0.0858. The van der Waals surface area contributed by atoms with Crippen LogP contribution >= 0.6 is 0 Å². The van der Waals surface area contributed by atoms with Crippen molar-refractivity contribution in [2.75, 3.05) is 13.1 Å².